The fraction of sp³-hybridized carbons (Fsp3) is 0. The van der Waals surface area contributed by atoms with Crippen LogP contribution in [0.4, 0.5) is 0 Å². The van der Waals surface area contributed by atoms with Crippen molar-refractivity contribution in [2.24, 2.45) is 0 Å². The zero-order valence-corrected chi connectivity index (χ0v) is 11.8. The zero-order valence-electron chi connectivity index (χ0n) is 10.3. The molecule has 0 aliphatic rings. The first kappa shape index (κ1) is 13.0. The molecule has 98 valence electrons. The molecular weight excluding hydrogens is 293 g/mol. The van der Waals surface area contributed by atoms with Gasteiger partial charge in [-0.15, -0.1) is 0 Å². The third kappa shape index (κ3) is 2.79. The van der Waals surface area contributed by atoms with Crippen molar-refractivity contribution in [3.8, 4) is 22.8 Å². The molecule has 0 radical (unpaired) electrons. The van der Waals surface area contributed by atoms with E-state index in [4.69, 9.17) is 23.2 Å². The molecule has 0 aliphatic heterocycles. The van der Waals surface area contributed by atoms with Gasteiger partial charge in [0.25, 0.3) is 0 Å². The van der Waals surface area contributed by atoms with Crippen molar-refractivity contribution in [2.75, 3.05) is 0 Å². The molecule has 1 heterocycles. The summed E-state index contributed by atoms with van der Waals surface area (Å²) in [5.41, 5.74) is 1.79. The van der Waals surface area contributed by atoms with Crippen LogP contribution in [0.2, 0.25) is 10.0 Å². The van der Waals surface area contributed by atoms with E-state index in [-0.39, 0.29) is 0 Å². The van der Waals surface area contributed by atoms with Gasteiger partial charge in [-0.3, -0.25) is 0 Å². The second-order valence-corrected chi connectivity index (χ2v) is 5.02. The highest BCUT2D eigenvalue weighted by Gasteiger charge is 2.06. The normalized spacial score (nSPS) is 10.5. The summed E-state index contributed by atoms with van der Waals surface area (Å²) in [5.74, 6) is 1.23. The van der Waals surface area contributed by atoms with Gasteiger partial charge in [-0.2, -0.15) is 0 Å². The number of aromatic nitrogens is 3. The minimum Gasteiger partial charge on any atom is -0.217 e. The number of rotatable bonds is 2. The van der Waals surface area contributed by atoms with Crippen LogP contribution in [0.5, 0.6) is 0 Å². The quantitative estimate of drug-likeness (QED) is 0.699. The molecule has 0 fully saturated rings. The Morgan fingerprint density at radius 2 is 1.00 bits per heavy atom. The number of halogens is 2. The lowest BCUT2D eigenvalue weighted by molar-refractivity contribution is 1.07. The average molecular weight is 302 g/mol. The van der Waals surface area contributed by atoms with Crippen LogP contribution in [-0.4, -0.2) is 15.0 Å². The summed E-state index contributed by atoms with van der Waals surface area (Å²) in [7, 11) is 0. The third-order valence-corrected chi connectivity index (χ3v) is 3.28. The van der Waals surface area contributed by atoms with Crippen molar-refractivity contribution in [2.45, 2.75) is 0 Å². The van der Waals surface area contributed by atoms with E-state index in [0.717, 1.165) is 11.1 Å². The zero-order chi connectivity index (χ0) is 13.9. The van der Waals surface area contributed by atoms with E-state index in [1.165, 1.54) is 6.33 Å². The summed E-state index contributed by atoms with van der Waals surface area (Å²) in [6.07, 6.45) is 1.50. The molecule has 1 aromatic heterocycles. The lowest BCUT2D eigenvalue weighted by Gasteiger charge is -2.03. The average Bonchev–Trinajstić information content (AvgIpc) is 2.49. The van der Waals surface area contributed by atoms with Crippen molar-refractivity contribution >= 4 is 23.2 Å². The summed E-state index contributed by atoms with van der Waals surface area (Å²) >= 11 is 11.8. The van der Waals surface area contributed by atoms with Gasteiger partial charge in [0.05, 0.1) is 0 Å². The molecule has 0 aliphatic carbocycles. The molecule has 0 saturated heterocycles. The summed E-state index contributed by atoms with van der Waals surface area (Å²) in [6.45, 7) is 0. The van der Waals surface area contributed by atoms with Crippen molar-refractivity contribution in [3.63, 3.8) is 0 Å². The molecule has 0 N–H and O–H groups in total. The second kappa shape index (κ2) is 5.57. The Labute approximate surface area is 126 Å². The van der Waals surface area contributed by atoms with Crippen LogP contribution in [0.3, 0.4) is 0 Å². The van der Waals surface area contributed by atoms with E-state index < -0.39 is 0 Å². The van der Waals surface area contributed by atoms with Gasteiger partial charge < -0.3 is 0 Å². The summed E-state index contributed by atoms with van der Waals surface area (Å²) in [6, 6.07) is 14.7. The van der Waals surface area contributed by atoms with E-state index in [1.807, 2.05) is 48.5 Å². The summed E-state index contributed by atoms with van der Waals surface area (Å²) in [5, 5.41) is 1.36. The van der Waals surface area contributed by atoms with Gasteiger partial charge >= 0.3 is 0 Å². The molecule has 0 saturated carbocycles. The summed E-state index contributed by atoms with van der Waals surface area (Å²) in [4.78, 5) is 12.8. The molecule has 3 aromatic rings. The van der Waals surface area contributed by atoms with Crippen LogP contribution in [0.15, 0.2) is 54.9 Å². The predicted molar refractivity (Wildman–Crippen MR) is 80.7 cm³/mol. The minimum atomic E-state index is 0.613. The van der Waals surface area contributed by atoms with Crippen molar-refractivity contribution in [1.29, 1.82) is 0 Å². The van der Waals surface area contributed by atoms with Crippen LogP contribution >= 0.6 is 23.2 Å². The Kier molecular flexibility index (Phi) is 3.63. The van der Waals surface area contributed by atoms with Gasteiger partial charge in [0.15, 0.2) is 11.6 Å². The topological polar surface area (TPSA) is 38.7 Å². The van der Waals surface area contributed by atoms with E-state index in [9.17, 15) is 0 Å². The van der Waals surface area contributed by atoms with E-state index in [1.54, 1.807) is 0 Å². The molecule has 3 nitrogen and oxygen atoms in total. The van der Waals surface area contributed by atoms with Gasteiger partial charge in [-0.1, -0.05) is 23.2 Å². The highest BCUT2D eigenvalue weighted by molar-refractivity contribution is 6.30. The first-order chi connectivity index (χ1) is 9.72. The van der Waals surface area contributed by atoms with Crippen molar-refractivity contribution in [1.82, 2.24) is 15.0 Å². The van der Waals surface area contributed by atoms with Crippen molar-refractivity contribution < 1.29 is 0 Å². The predicted octanol–water partition coefficient (Wildman–Crippen LogP) is 4.51. The standard InChI is InChI=1S/C15H9Cl2N3/c16-12-5-1-10(2-6-12)14-18-9-19-15(20-14)11-3-7-13(17)8-4-11/h1-9H. The Hall–Kier alpha value is -1.97. The molecule has 0 atom stereocenters. The SMILES string of the molecule is Clc1ccc(-c2ncnc(-c3ccc(Cl)cc3)n2)cc1. The van der Waals surface area contributed by atoms with E-state index in [0.29, 0.717) is 21.7 Å². The maximum Gasteiger partial charge on any atom is 0.163 e. The van der Waals surface area contributed by atoms with E-state index in [2.05, 4.69) is 15.0 Å². The lowest BCUT2D eigenvalue weighted by Crippen LogP contribution is -1.94. The fourth-order valence-corrected chi connectivity index (χ4v) is 2.02. The molecule has 0 amide bonds. The van der Waals surface area contributed by atoms with Crippen LogP contribution in [0, 0.1) is 0 Å². The molecule has 0 spiro atoms. The molecule has 3 rings (SSSR count). The monoisotopic (exact) mass is 301 g/mol. The molecule has 5 heteroatoms. The first-order valence-corrected chi connectivity index (χ1v) is 6.69. The Morgan fingerprint density at radius 1 is 0.600 bits per heavy atom. The van der Waals surface area contributed by atoms with Crippen LogP contribution in [0.1, 0.15) is 0 Å². The van der Waals surface area contributed by atoms with Gasteiger partial charge in [0.2, 0.25) is 0 Å². The second-order valence-electron chi connectivity index (χ2n) is 4.15. The highest BCUT2D eigenvalue weighted by atomic mass is 35.5. The van der Waals surface area contributed by atoms with Crippen LogP contribution in [-0.2, 0) is 0 Å². The fourth-order valence-electron chi connectivity index (χ4n) is 1.77. The van der Waals surface area contributed by atoms with Gasteiger partial charge in [0, 0.05) is 21.2 Å². The first-order valence-electron chi connectivity index (χ1n) is 5.93. The number of nitrogens with zero attached hydrogens (tertiary/aromatic N) is 3. The summed E-state index contributed by atoms with van der Waals surface area (Å²) < 4.78 is 0. The maximum absolute atomic E-state index is 5.88. The minimum absolute atomic E-state index is 0.613. The Balaban J connectivity index is 2.01. The molecular formula is C15H9Cl2N3. The molecule has 2 aromatic carbocycles. The highest BCUT2D eigenvalue weighted by Crippen LogP contribution is 2.21. The third-order valence-electron chi connectivity index (χ3n) is 2.78. The van der Waals surface area contributed by atoms with Gasteiger partial charge in [-0.05, 0) is 48.5 Å². The molecule has 0 unspecified atom stereocenters. The van der Waals surface area contributed by atoms with Crippen molar-refractivity contribution in [3.05, 3.63) is 64.9 Å². The largest absolute Gasteiger partial charge is 0.217 e. The number of hydrogen-bond acceptors (Lipinski definition) is 3. The van der Waals surface area contributed by atoms with E-state index >= 15 is 0 Å². The molecule has 20 heavy (non-hydrogen) atoms. The number of benzene rings is 2. The molecule has 0 bridgehead atoms. The smallest absolute Gasteiger partial charge is 0.163 e. The lowest BCUT2D eigenvalue weighted by atomic mass is 10.2. The Bertz CT molecular complexity index is 664. The number of hydrogen-bond donors (Lipinski definition) is 0. The van der Waals surface area contributed by atoms with Gasteiger partial charge in [-0.25, -0.2) is 15.0 Å². The van der Waals surface area contributed by atoms with Gasteiger partial charge in [0.1, 0.15) is 6.33 Å². The maximum atomic E-state index is 5.88. The van der Waals surface area contributed by atoms with Crippen LogP contribution < -0.4 is 0 Å². The Morgan fingerprint density at radius 3 is 1.40 bits per heavy atom. The van der Waals surface area contributed by atoms with Crippen LogP contribution in [0.25, 0.3) is 22.8 Å².